The Kier molecular flexibility index (Phi) is 5.58. The molecule has 2 aliphatic rings. The van der Waals surface area contributed by atoms with E-state index in [1.54, 1.807) is 0 Å². The van der Waals surface area contributed by atoms with Crippen molar-refractivity contribution in [2.24, 2.45) is 16.8 Å². The molecule has 0 aromatic heterocycles. The fraction of sp³-hybridized carbons (Fsp3) is 0.933. The lowest BCUT2D eigenvalue weighted by Gasteiger charge is -2.35. The molecule has 0 amide bonds. The minimum absolute atomic E-state index is 0.501. The Labute approximate surface area is 122 Å². The van der Waals surface area contributed by atoms with Gasteiger partial charge in [-0.15, -0.1) is 0 Å². The minimum atomic E-state index is 0.501. The van der Waals surface area contributed by atoms with Crippen molar-refractivity contribution < 1.29 is 0 Å². The third-order valence-electron chi connectivity index (χ3n) is 4.26. The molecule has 1 fully saturated rings. The number of amidine groups is 1. The maximum atomic E-state index is 4.98. The molecular weight excluding hydrogens is 254 g/mol. The molecule has 0 radical (unpaired) electrons. The maximum absolute atomic E-state index is 4.98. The minimum Gasteiger partial charge on any atom is -0.361 e. The Hall–Kier alpha value is -0.220. The summed E-state index contributed by atoms with van der Waals surface area (Å²) in [4.78, 5) is 7.24. The van der Waals surface area contributed by atoms with E-state index in [1.165, 1.54) is 36.6 Å². The molecule has 110 valence electrons. The van der Waals surface area contributed by atoms with E-state index < -0.39 is 0 Å². The van der Waals surface area contributed by atoms with Crippen LogP contribution in [0, 0.1) is 11.8 Å². The summed E-state index contributed by atoms with van der Waals surface area (Å²) in [5, 5.41) is 4.89. The summed E-state index contributed by atoms with van der Waals surface area (Å²) in [6.45, 7) is 5.66. The Morgan fingerprint density at radius 3 is 2.74 bits per heavy atom. The molecule has 0 saturated heterocycles. The standard InChI is InChI=1S/C15H29N3S/c1-11(2)14(9-18(3)4)17-15-16-13-8-6-5-7-12(13)10-19-15/h11-14H,5-10H2,1-4H3,(H,16,17). The van der Waals surface area contributed by atoms with E-state index in [-0.39, 0.29) is 0 Å². The summed E-state index contributed by atoms with van der Waals surface area (Å²) in [6.07, 6.45) is 5.47. The van der Waals surface area contributed by atoms with Gasteiger partial charge in [0.2, 0.25) is 0 Å². The molecule has 1 N–H and O–H groups in total. The molecule has 1 heterocycles. The van der Waals surface area contributed by atoms with Crippen molar-refractivity contribution in [3.05, 3.63) is 0 Å². The third kappa shape index (κ3) is 4.38. The average molecular weight is 283 g/mol. The van der Waals surface area contributed by atoms with Crippen molar-refractivity contribution in [3.63, 3.8) is 0 Å². The molecule has 1 saturated carbocycles. The van der Waals surface area contributed by atoms with Crippen molar-refractivity contribution in [2.75, 3.05) is 26.4 Å². The number of hydrogen-bond donors (Lipinski definition) is 1. The van der Waals surface area contributed by atoms with Crippen LogP contribution in [0.4, 0.5) is 0 Å². The van der Waals surface area contributed by atoms with Gasteiger partial charge in [-0.3, -0.25) is 4.99 Å². The number of nitrogens with one attached hydrogen (secondary N) is 1. The zero-order valence-electron chi connectivity index (χ0n) is 12.9. The van der Waals surface area contributed by atoms with Gasteiger partial charge in [-0.1, -0.05) is 38.5 Å². The van der Waals surface area contributed by atoms with Crippen LogP contribution in [0.15, 0.2) is 4.99 Å². The van der Waals surface area contributed by atoms with Crippen LogP contribution in [0.25, 0.3) is 0 Å². The molecule has 0 aromatic rings. The summed E-state index contributed by atoms with van der Waals surface area (Å²) in [5.41, 5.74) is 0. The second-order valence-corrected chi connectivity index (χ2v) is 7.62. The molecule has 1 aliphatic heterocycles. The first-order valence-electron chi connectivity index (χ1n) is 7.68. The molecule has 2 rings (SSSR count). The zero-order chi connectivity index (χ0) is 13.8. The van der Waals surface area contributed by atoms with E-state index in [9.17, 15) is 0 Å². The largest absolute Gasteiger partial charge is 0.361 e. The smallest absolute Gasteiger partial charge is 0.157 e. The molecule has 0 aromatic carbocycles. The number of nitrogens with zero attached hydrogens (tertiary/aromatic N) is 2. The monoisotopic (exact) mass is 283 g/mol. The van der Waals surface area contributed by atoms with Gasteiger partial charge in [0.15, 0.2) is 5.17 Å². The second-order valence-electron chi connectivity index (χ2n) is 6.61. The highest BCUT2D eigenvalue weighted by atomic mass is 32.2. The van der Waals surface area contributed by atoms with E-state index in [0.29, 0.717) is 18.0 Å². The van der Waals surface area contributed by atoms with Crippen molar-refractivity contribution in [1.82, 2.24) is 10.2 Å². The second kappa shape index (κ2) is 6.98. The van der Waals surface area contributed by atoms with Gasteiger partial charge in [-0.05, 0) is 38.8 Å². The van der Waals surface area contributed by atoms with Gasteiger partial charge in [-0.2, -0.15) is 0 Å². The molecular formula is C15H29N3S. The number of hydrogen-bond acceptors (Lipinski definition) is 4. The zero-order valence-corrected chi connectivity index (χ0v) is 13.7. The van der Waals surface area contributed by atoms with E-state index in [0.717, 1.165) is 12.5 Å². The van der Waals surface area contributed by atoms with E-state index >= 15 is 0 Å². The highest BCUT2D eigenvalue weighted by molar-refractivity contribution is 8.13. The Bertz CT molecular complexity index is 315. The number of rotatable bonds is 4. The van der Waals surface area contributed by atoms with Gasteiger partial charge < -0.3 is 10.2 Å². The van der Waals surface area contributed by atoms with Crippen molar-refractivity contribution in [3.8, 4) is 0 Å². The van der Waals surface area contributed by atoms with Crippen LogP contribution in [-0.4, -0.2) is 48.5 Å². The number of aliphatic imine (C=N–C) groups is 1. The van der Waals surface area contributed by atoms with Gasteiger partial charge >= 0.3 is 0 Å². The Balaban J connectivity index is 1.95. The quantitative estimate of drug-likeness (QED) is 0.860. The van der Waals surface area contributed by atoms with Gasteiger partial charge in [0.1, 0.15) is 0 Å². The molecule has 0 bridgehead atoms. The first kappa shape index (κ1) is 15.2. The Morgan fingerprint density at radius 2 is 2.05 bits per heavy atom. The van der Waals surface area contributed by atoms with Crippen LogP contribution in [0.2, 0.25) is 0 Å². The van der Waals surface area contributed by atoms with Crippen molar-refractivity contribution in [2.45, 2.75) is 51.6 Å². The number of fused-ring (bicyclic) bond motifs is 1. The van der Waals surface area contributed by atoms with E-state index in [4.69, 9.17) is 4.99 Å². The van der Waals surface area contributed by atoms with E-state index in [1.807, 2.05) is 11.8 Å². The van der Waals surface area contributed by atoms with Gasteiger partial charge in [0.25, 0.3) is 0 Å². The van der Waals surface area contributed by atoms with Gasteiger partial charge in [-0.25, -0.2) is 0 Å². The lowest BCUT2D eigenvalue weighted by molar-refractivity contribution is 0.310. The fourth-order valence-corrected chi connectivity index (χ4v) is 4.19. The fourth-order valence-electron chi connectivity index (χ4n) is 2.98. The predicted molar refractivity (Wildman–Crippen MR) is 86.0 cm³/mol. The summed E-state index contributed by atoms with van der Waals surface area (Å²) in [6, 6.07) is 1.10. The van der Waals surface area contributed by atoms with Crippen LogP contribution in [0.3, 0.4) is 0 Å². The van der Waals surface area contributed by atoms with Crippen LogP contribution in [0.1, 0.15) is 39.5 Å². The third-order valence-corrected chi connectivity index (χ3v) is 5.35. The van der Waals surface area contributed by atoms with Crippen LogP contribution in [-0.2, 0) is 0 Å². The average Bonchev–Trinajstić information content (AvgIpc) is 2.37. The number of likely N-dealkylation sites (N-methyl/N-ethyl adjacent to an activating group) is 1. The molecule has 3 unspecified atom stereocenters. The summed E-state index contributed by atoms with van der Waals surface area (Å²) >= 11 is 1.94. The van der Waals surface area contributed by atoms with Crippen LogP contribution >= 0.6 is 11.8 Å². The first-order chi connectivity index (χ1) is 9.06. The molecule has 3 nitrogen and oxygen atoms in total. The normalized spacial score (nSPS) is 29.1. The lowest BCUT2D eigenvalue weighted by Crippen LogP contribution is -2.46. The van der Waals surface area contributed by atoms with Crippen LogP contribution < -0.4 is 5.32 Å². The highest BCUT2D eigenvalue weighted by Gasteiger charge is 2.30. The summed E-state index contributed by atoms with van der Waals surface area (Å²) in [7, 11) is 4.29. The van der Waals surface area contributed by atoms with Gasteiger partial charge in [0, 0.05) is 18.3 Å². The Morgan fingerprint density at radius 1 is 1.32 bits per heavy atom. The SMILES string of the molecule is CC(C)C(CN(C)C)NC1=NC2CCCCC2CS1. The predicted octanol–water partition coefficient (Wildman–Crippen LogP) is 2.82. The topological polar surface area (TPSA) is 27.6 Å². The molecule has 1 aliphatic carbocycles. The summed E-state index contributed by atoms with van der Waals surface area (Å²) < 4.78 is 0. The molecule has 4 heteroatoms. The lowest BCUT2D eigenvalue weighted by atomic mass is 9.86. The number of thioether (sulfide) groups is 1. The first-order valence-corrected chi connectivity index (χ1v) is 8.66. The maximum Gasteiger partial charge on any atom is 0.157 e. The van der Waals surface area contributed by atoms with Gasteiger partial charge in [0.05, 0.1) is 6.04 Å². The van der Waals surface area contributed by atoms with Crippen molar-refractivity contribution >= 4 is 16.9 Å². The van der Waals surface area contributed by atoms with Crippen LogP contribution in [0.5, 0.6) is 0 Å². The summed E-state index contributed by atoms with van der Waals surface area (Å²) in [5.74, 6) is 2.74. The molecule has 0 spiro atoms. The molecule has 19 heavy (non-hydrogen) atoms. The molecule has 3 atom stereocenters. The van der Waals surface area contributed by atoms with Crippen molar-refractivity contribution in [1.29, 1.82) is 0 Å². The van der Waals surface area contributed by atoms with E-state index in [2.05, 4.69) is 38.2 Å². The highest BCUT2D eigenvalue weighted by Crippen LogP contribution is 2.33.